The number of nitrogens with one attached hydrogen (secondary N) is 1. The summed E-state index contributed by atoms with van der Waals surface area (Å²) in [5.74, 6) is 1.15. The fourth-order valence-electron chi connectivity index (χ4n) is 6.33. The molecule has 1 heterocycles. The molecule has 0 radical (unpaired) electrons. The third-order valence-corrected chi connectivity index (χ3v) is 8.42. The van der Waals surface area contributed by atoms with Crippen molar-refractivity contribution in [3.05, 3.63) is 58.5 Å². The van der Waals surface area contributed by atoms with Crippen LogP contribution in [-0.2, 0) is 6.42 Å². The number of rotatable bonds is 3. The summed E-state index contributed by atoms with van der Waals surface area (Å²) in [6.45, 7) is 11.5. The second kappa shape index (κ2) is 7.33. The Balaban J connectivity index is 1.79. The predicted octanol–water partition coefficient (Wildman–Crippen LogP) is 5.79. The smallest absolute Gasteiger partial charge is 0.255 e. The Labute approximate surface area is 178 Å². The zero-order chi connectivity index (χ0) is 21.7. The van der Waals surface area contributed by atoms with E-state index in [1.54, 1.807) is 24.4 Å². The van der Waals surface area contributed by atoms with Gasteiger partial charge in [-0.2, -0.15) is 0 Å². The first kappa shape index (κ1) is 20.8. The molecule has 0 bridgehead atoms. The van der Waals surface area contributed by atoms with Gasteiger partial charge in [0, 0.05) is 11.8 Å². The third kappa shape index (κ3) is 3.17. The van der Waals surface area contributed by atoms with Gasteiger partial charge in [-0.3, -0.25) is 4.79 Å². The lowest BCUT2D eigenvalue weighted by atomic mass is 9.46. The molecule has 1 aromatic carbocycles. The summed E-state index contributed by atoms with van der Waals surface area (Å²) in [5.41, 5.74) is 2.65. The summed E-state index contributed by atoms with van der Waals surface area (Å²) in [7, 11) is 0. The number of benzene rings is 1. The van der Waals surface area contributed by atoms with Crippen LogP contribution in [0.25, 0.3) is 11.1 Å². The lowest BCUT2D eigenvalue weighted by Gasteiger charge is -2.59. The number of pyridine rings is 1. The molecule has 0 saturated heterocycles. The molecule has 0 spiro atoms. The number of hydrogen-bond acceptors (Lipinski definition) is 3. The molecule has 4 heteroatoms. The van der Waals surface area contributed by atoms with Gasteiger partial charge >= 0.3 is 0 Å². The molecule has 4 atom stereocenters. The Morgan fingerprint density at radius 3 is 2.70 bits per heavy atom. The fourth-order valence-corrected chi connectivity index (χ4v) is 6.33. The van der Waals surface area contributed by atoms with Crippen molar-refractivity contribution in [1.82, 2.24) is 4.98 Å². The van der Waals surface area contributed by atoms with Crippen LogP contribution in [0.15, 0.2) is 47.4 Å². The van der Waals surface area contributed by atoms with Gasteiger partial charge in [0.25, 0.3) is 5.56 Å². The van der Waals surface area contributed by atoms with Crippen molar-refractivity contribution in [2.45, 2.75) is 59.3 Å². The average Bonchev–Trinajstić information content (AvgIpc) is 2.70. The van der Waals surface area contributed by atoms with Gasteiger partial charge in [-0.1, -0.05) is 32.9 Å². The molecule has 2 aromatic rings. The van der Waals surface area contributed by atoms with Crippen LogP contribution >= 0.6 is 0 Å². The SMILES string of the molecule is C=C1CCCC2C1(C)CCC(C)C2(C)Cc1cc(O)cc(-c2ccc[nH]c2=O)c1O. The van der Waals surface area contributed by atoms with Crippen LogP contribution in [0.5, 0.6) is 11.5 Å². The fraction of sp³-hybridized carbons (Fsp3) is 0.500. The maximum absolute atomic E-state index is 12.3. The van der Waals surface area contributed by atoms with Crippen LogP contribution in [-0.4, -0.2) is 15.2 Å². The van der Waals surface area contributed by atoms with Gasteiger partial charge in [-0.25, -0.2) is 0 Å². The highest BCUT2D eigenvalue weighted by Gasteiger charge is 2.54. The van der Waals surface area contributed by atoms with E-state index in [-0.39, 0.29) is 27.9 Å². The van der Waals surface area contributed by atoms with Crippen molar-refractivity contribution in [2.24, 2.45) is 22.7 Å². The van der Waals surface area contributed by atoms with E-state index in [1.807, 2.05) is 0 Å². The summed E-state index contributed by atoms with van der Waals surface area (Å²) in [5, 5.41) is 21.6. The summed E-state index contributed by atoms with van der Waals surface area (Å²) < 4.78 is 0. The highest BCUT2D eigenvalue weighted by Crippen LogP contribution is 2.62. The maximum atomic E-state index is 12.3. The monoisotopic (exact) mass is 407 g/mol. The number of allylic oxidation sites excluding steroid dienone is 1. The van der Waals surface area contributed by atoms with Gasteiger partial charge < -0.3 is 15.2 Å². The third-order valence-electron chi connectivity index (χ3n) is 8.42. The number of H-pyrrole nitrogens is 1. The molecule has 2 saturated carbocycles. The summed E-state index contributed by atoms with van der Waals surface area (Å²) in [4.78, 5) is 15.0. The van der Waals surface area contributed by atoms with Crippen LogP contribution in [0.2, 0.25) is 0 Å². The Bertz CT molecular complexity index is 1040. The molecule has 160 valence electrons. The van der Waals surface area contributed by atoms with Crippen molar-refractivity contribution >= 4 is 0 Å². The lowest BCUT2D eigenvalue weighted by molar-refractivity contribution is -0.0491. The largest absolute Gasteiger partial charge is 0.508 e. The highest BCUT2D eigenvalue weighted by molar-refractivity contribution is 5.73. The van der Waals surface area contributed by atoms with Gasteiger partial charge in [-0.15, -0.1) is 0 Å². The minimum absolute atomic E-state index is 0.0258. The molecule has 30 heavy (non-hydrogen) atoms. The van der Waals surface area contributed by atoms with E-state index in [4.69, 9.17) is 0 Å². The number of aromatic hydroxyl groups is 2. The highest BCUT2D eigenvalue weighted by atomic mass is 16.3. The first-order valence-corrected chi connectivity index (χ1v) is 11.1. The molecule has 2 aliphatic rings. The number of fused-ring (bicyclic) bond motifs is 1. The van der Waals surface area contributed by atoms with Crippen molar-refractivity contribution in [2.75, 3.05) is 0 Å². The van der Waals surface area contributed by atoms with E-state index >= 15 is 0 Å². The Morgan fingerprint density at radius 2 is 1.97 bits per heavy atom. The van der Waals surface area contributed by atoms with E-state index in [9.17, 15) is 15.0 Å². The number of phenols is 2. The van der Waals surface area contributed by atoms with E-state index in [0.717, 1.165) is 19.3 Å². The molecular weight excluding hydrogens is 374 g/mol. The molecule has 2 aliphatic carbocycles. The molecule has 4 rings (SSSR count). The van der Waals surface area contributed by atoms with Crippen molar-refractivity contribution < 1.29 is 10.2 Å². The molecular formula is C26H33NO3. The van der Waals surface area contributed by atoms with E-state index in [0.29, 0.717) is 34.9 Å². The van der Waals surface area contributed by atoms with Crippen LogP contribution in [0.4, 0.5) is 0 Å². The first-order chi connectivity index (χ1) is 14.2. The lowest BCUT2D eigenvalue weighted by Crippen LogP contribution is -2.51. The minimum atomic E-state index is -0.280. The van der Waals surface area contributed by atoms with Gasteiger partial charge in [0.2, 0.25) is 0 Å². The Morgan fingerprint density at radius 1 is 1.20 bits per heavy atom. The van der Waals surface area contributed by atoms with Gasteiger partial charge in [0.1, 0.15) is 11.5 Å². The summed E-state index contributed by atoms with van der Waals surface area (Å²) in [6, 6.07) is 6.54. The molecule has 0 amide bonds. The molecule has 4 nitrogen and oxygen atoms in total. The van der Waals surface area contributed by atoms with E-state index < -0.39 is 0 Å². The number of hydrogen-bond donors (Lipinski definition) is 3. The molecule has 0 aliphatic heterocycles. The molecule has 4 unspecified atom stereocenters. The molecule has 1 aromatic heterocycles. The Hall–Kier alpha value is -2.49. The van der Waals surface area contributed by atoms with Crippen LogP contribution < -0.4 is 5.56 Å². The molecule has 3 N–H and O–H groups in total. The average molecular weight is 408 g/mol. The first-order valence-electron chi connectivity index (χ1n) is 11.1. The van der Waals surface area contributed by atoms with Crippen molar-refractivity contribution in [1.29, 1.82) is 0 Å². The number of phenolic OH excluding ortho intramolecular Hbond substituents is 2. The number of aromatic amines is 1. The predicted molar refractivity (Wildman–Crippen MR) is 121 cm³/mol. The zero-order valence-corrected chi connectivity index (χ0v) is 18.3. The van der Waals surface area contributed by atoms with E-state index in [1.165, 1.54) is 24.5 Å². The summed E-state index contributed by atoms with van der Waals surface area (Å²) >= 11 is 0. The normalized spacial score (nSPS) is 31.4. The second-order valence-electron chi connectivity index (χ2n) is 10.0. The Kier molecular flexibility index (Phi) is 5.08. The topological polar surface area (TPSA) is 73.3 Å². The standard InChI is InChI=1S/C26H33NO3/c1-16-7-5-9-22-25(16,3)11-10-17(2)26(22,4)15-18-13-19(28)14-21(23(18)29)20-8-6-12-27-24(20)30/h6,8,12-14,17,22,28-29H,1,5,7,9-11,15H2,2-4H3,(H,27,30). The van der Waals surface area contributed by atoms with Gasteiger partial charge in [0.15, 0.2) is 0 Å². The van der Waals surface area contributed by atoms with Crippen molar-refractivity contribution in [3.8, 4) is 22.6 Å². The quantitative estimate of drug-likeness (QED) is 0.445. The zero-order valence-electron chi connectivity index (χ0n) is 18.3. The number of aromatic nitrogens is 1. The van der Waals surface area contributed by atoms with Gasteiger partial charge in [0.05, 0.1) is 5.56 Å². The van der Waals surface area contributed by atoms with Crippen LogP contribution in [0.1, 0.15) is 58.4 Å². The van der Waals surface area contributed by atoms with Crippen LogP contribution in [0.3, 0.4) is 0 Å². The second-order valence-corrected chi connectivity index (χ2v) is 10.0. The van der Waals surface area contributed by atoms with Crippen LogP contribution in [0, 0.1) is 22.7 Å². The van der Waals surface area contributed by atoms with Crippen molar-refractivity contribution in [3.63, 3.8) is 0 Å². The van der Waals surface area contributed by atoms with E-state index in [2.05, 4.69) is 32.3 Å². The maximum Gasteiger partial charge on any atom is 0.255 e. The minimum Gasteiger partial charge on any atom is -0.508 e. The molecule has 2 fully saturated rings. The van der Waals surface area contributed by atoms with Gasteiger partial charge in [-0.05, 0) is 91.0 Å². The summed E-state index contributed by atoms with van der Waals surface area (Å²) in [6.07, 6.45) is 7.97.